The van der Waals surface area contributed by atoms with Crippen molar-refractivity contribution >= 4 is 11.8 Å². The van der Waals surface area contributed by atoms with Gasteiger partial charge in [0.2, 0.25) is 5.91 Å². The van der Waals surface area contributed by atoms with Gasteiger partial charge in [-0.15, -0.1) is 0 Å². The highest BCUT2D eigenvalue weighted by Crippen LogP contribution is 2.18. The average Bonchev–Trinajstić information content (AvgIpc) is 2.52. The van der Waals surface area contributed by atoms with E-state index in [2.05, 4.69) is 5.32 Å². The molecule has 0 aromatic heterocycles. The summed E-state index contributed by atoms with van der Waals surface area (Å²) in [5.74, 6) is 0.543. The standard InChI is InChI=1S/C18H26N2O2/c1-13(2)17(21)19-11-15-5-4-10-20(12-15)18(22)16-8-6-14(3)7-9-16/h6-9,13,15H,4-5,10-12H2,1-3H3,(H,19,21). The minimum Gasteiger partial charge on any atom is -0.356 e. The van der Waals surface area contributed by atoms with Crippen LogP contribution in [0.2, 0.25) is 0 Å². The lowest BCUT2D eigenvalue weighted by Crippen LogP contribution is -2.44. The van der Waals surface area contributed by atoms with Crippen LogP contribution < -0.4 is 5.32 Å². The third-order valence-electron chi connectivity index (χ3n) is 4.19. The highest BCUT2D eigenvalue weighted by molar-refractivity contribution is 5.94. The number of rotatable bonds is 4. The molecule has 4 heteroatoms. The van der Waals surface area contributed by atoms with Gasteiger partial charge in [-0.2, -0.15) is 0 Å². The van der Waals surface area contributed by atoms with Crippen LogP contribution in [0.15, 0.2) is 24.3 Å². The van der Waals surface area contributed by atoms with E-state index in [1.165, 1.54) is 0 Å². The molecule has 1 heterocycles. The fourth-order valence-electron chi connectivity index (χ4n) is 2.74. The molecule has 22 heavy (non-hydrogen) atoms. The Labute approximate surface area is 132 Å². The number of amides is 2. The normalized spacial score (nSPS) is 18.4. The second-order valence-electron chi connectivity index (χ2n) is 6.53. The Morgan fingerprint density at radius 2 is 1.95 bits per heavy atom. The van der Waals surface area contributed by atoms with Crippen molar-refractivity contribution in [3.8, 4) is 0 Å². The largest absolute Gasteiger partial charge is 0.356 e. The van der Waals surface area contributed by atoms with Crippen LogP contribution in [-0.4, -0.2) is 36.3 Å². The SMILES string of the molecule is Cc1ccc(C(=O)N2CCCC(CNC(=O)C(C)C)C2)cc1. The molecule has 1 aliphatic heterocycles. The van der Waals surface area contributed by atoms with Crippen LogP contribution in [0.4, 0.5) is 0 Å². The van der Waals surface area contributed by atoms with Crippen molar-refractivity contribution in [1.82, 2.24) is 10.2 Å². The molecule has 1 fully saturated rings. The summed E-state index contributed by atoms with van der Waals surface area (Å²) in [6.45, 7) is 8.00. The van der Waals surface area contributed by atoms with E-state index in [1.807, 2.05) is 49.9 Å². The van der Waals surface area contributed by atoms with Gasteiger partial charge in [-0.3, -0.25) is 9.59 Å². The monoisotopic (exact) mass is 302 g/mol. The van der Waals surface area contributed by atoms with Gasteiger partial charge in [0.15, 0.2) is 0 Å². The first-order valence-electron chi connectivity index (χ1n) is 8.11. The molecule has 0 bridgehead atoms. The number of aryl methyl sites for hydroxylation is 1. The summed E-state index contributed by atoms with van der Waals surface area (Å²) in [6.07, 6.45) is 2.07. The molecule has 1 unspecified atom stereocenters. The molecule has 0 radical (unpaired) electrons. The smallest absolute Gasteiger partial charge is 0.253 e. The van der Waals surface area contributed by atoms with Gasteiger partial charge in [-0.1, -0.05) is 31.5 Å². The van der Waals surface area contributed by atoms with E-state index in [4.69, 9.17) is 0 Å². The van der Waals surface area contributed by atoms with Crippen LogP contribution in [0.1, 0.15) is 42.6 Å². The Hall–Kier alpha value is -1.84. The molecular formula is C18H26N2O2. The maximum Gasteiger partial charge on any atom is 0.253 e. The van der Waals surface area contributed by atoms with Crippen molar-refractivity contribution in [2.45, 2.75) is 33.6 Å². The Kier molecular flexibility index (Phi) is 5.58. The molecule has 120 valence electrons. The van der Waals surface area contributed by atoms with E-state index in [0.717, 1.165) is 37.1 Å². The van der Waals surface area contributed by atoms with E-state index >= 15 is 0 Å². The van der Waals surface area contributed by atoms with Gasteiger partial charge in [-0.25, -0.2) is 0 Å². The third-order valence-corrected chi connectivity index (χ3v) is 4.19. The van der Waals surface area contributed by atoms with Crippen molar-refractivity contribution < 1.29 is 9.59 Å². The molecule has 1 atom stereocenters. The van der Waals surface area contributed by atoms with Crippen molar-refractivity contribution in [2.24, 2.45) is 11.8 Å². The van der Waals surface area contributed by atoms with Crippen LogP contribution in [0.25, 0.3) is 0 Å². The lowest BCUT2D eigenvalue weighted by Gasteiger charge is -2.33. The second kappa shape index (κ2) is 7.43. The van der Waals surface area contributed by atoms with Crippen molar-refractivity contribution in [3.05, 3.63) is 35.4 Å². The first-order valence-corrected chi connectivity index (χ1v) is 8.11. The van der Waals surface area contributed by atoms with Gasteiger partial charge in [0.05, 0.1) is 0 Å². The Morgan fingerprint density at radius 3 is 2.59 bits per heavy atom. The van der Waals surface area contributed by atoms with Crippen LogP contribution in [-0.2, 0) is 4.79 Å². The quantitative estimate of drug-likeness (QED) is 0.929. The van der Waals surface area contributed by atoms with E-state index in [9.17, 15) is 9.59 Å². The number of nitrogens with one attached hydrogen (secondary N) is 1. The number of hydrogen-bond donors (Lipinski definition) is 1. The molecule has 4 nitrogen and oxygen atoms in total. The summed E-state index contributed by atoms with van der Waals surface area (Å²) in [6, 6.07) is 7.72. The van der Waals surface area contributed by atoms with Crippen LogP contribution in [0.5, 0.6) is 0 Å². The topological polar surface area (TPSA) is 49.4 Å². The summed E-state index contributed by atoms with van der Waals surface area (Å²) in [7, 11) is 0. The molecule has 1 aromatic rings. The minimum atomic E-state index is 0.00823. The number of carbonyl (C=O) groups is 2. The zero-order chi connectivity index (χ0) is 16.1. The summed E-state index contributed by atoms with van der Waals surface area (Å²) in [5.41, 5.74) is 1.90. The van der Waals surface area contributed by atoms with Gasteiger partial charge in [0, 0.05) is 31.1 Å². The molecule has 1 aliphatic rings. The zero-order valence-electron chi connectivity index (χ0n) is 13.8. The van der Waals surface area contributed by atoms with Gasteiger partial charge in [0.25, 0.3) is 5.91 Å². The summed E-state index contributed by atoms with van der Waals surface area (Å²) < 4.78 is 0. The molecular weight excluding hydrogens is 276 g/mol. The molecule has 0 saturated carbocycles. The average molecular weight is 302 g/mol. The van der Waals surface area contributed by atoms with E-state index in [1.54, 1.807) is 0 Å². The number of likely N-dealkylation sites (tertiary alicyclic amines) is 1. The molecule has 0 spiro atoms. The number of benzene rings is 1. The maximum atomic E-state index is 12.5. The first-order chi connectivity index (χ1) is 10.5. The highest BCUT2D eigenvalue weighted by atomic mass is 16.2. The lowest BCUT2D eigenvalue weighted by molar-refractivity contribution is -0.124. The summed E-state index contributed by atoms with van der Waals surface area (Å²) >= 11 is 0. The van der Waals surface area contributed by atoms with E-state index in [0.29, 0.717) is 12.5 Å². The number of piperidine rings is 1. The van der Waals surface area contributed by atoms with Crippen molar-refractivity contribution in [2.75, 3.05) is 19.6 Å². The lowest BCUT2D eigenvalue weighted by atomic mass is 9.97. The van der Waals surface area contributed by atoms with Gasteiger partial charge in [0.1, 0.15) is 0 Å². The Morgan fingerprint density at radius 1 is 1.27 bits per heavy atom. The predicted octanol–water partition coefficient (Wildman–Crippen LogP) is 2.62. The fraction of sp³-hybridized carbons (Fsp3) is 0.556. The molecule has 1 aromatic carbocycles. The maximum absolute atomic E-state index is 12.5. The third kappa shape index (κ3) is 4.33. The molecule has 1 N–H and O–H groups in total. The van der Waals surface area contributed by atoms with Crippen molar-refractivity contribution in [3.63, 3.8) is 0 Å². The van der Waals surface area contributed by atoms with Crippen LogP contribution in [0.3, 0.4) is 0 Å². The van der Waals surface area contributed by atoms with Crippen LogP contribution in [0, 0.1) is 18.8 Å². The fourth-order valence-corrected chi connectivity index (χ4v) is 2.74. The Balaban J connectivity index is 1.91. The number of carbonyl (C=O) groups excluding carboxylic acids is 2. The van der Waals surface area contributed by atoms with E-state index in [-0.39, 0.29) is 17.7 Å². The first kappa shape index (κ1) is 16.5. The van der Waals surface area contributed by atoms with Gasteiger partial charge in [-0.05, 0) is 37.8 Å². The highest BCUT2D eigenvalue weighted by Gasteiger charge is 2.24. The van der Waals surface area contributed by atoms with Gasteiger partial charge >= 0.3 is 0 Å². The van der Waals surface area contributed by atoms with E-state index < -0.39 is 0 Å². The minimum absolute atomic E-state index is 0.00823. The van der Waals surface area contributed by atoms with Crippen LogP contribution >= 0.6 is 0 Å². The van der Waals surface area contributed by atoms with Gasteiger partial charge < -0.3 is 10.2 Å². The molecule has 2 rings (SSSR count). The summed E-state index contributed by atoms with van der Waals surface area (Å²) in [5, 5.41) is 2.98. The Bertz CT molecular complexity index is 522. The zero-order valence-corrected chi connectivity index (χ0v) is 13.8. The molecule has 1 saturated heterocycles. The summed E-state index contributed by atoms with van der Waals surface area (Å²) in [4.78, 5) is 26.1. The molecule has 0 aliphatic carbocycles. The predicted molar refractivity (Wildman–Crippen MR) is 87.7 cm³/mol. The number of hydrogen-bond acceptors (Lipinski definition) is 2. The second-order valence-corrected chi connectivity index (χ2v) is 6.53. The number of nitrogens with zero attached hydrogens (tertiary/aromatic N) is 1. The van der Waals surface area contributed by atoms with Crippen molar-refractivity contribution in [1.29, 1.82) is 0 Å². The molecule has 2 amide bonds.